The fourth-order valence-electron chi connectivity index (χ4n) is 2.23. The van der Waals surface area contributed by atoms with Gasteiger partial charge in [-0.2, -0.15) is 5.10 Å². The molecule has 0 spiro atoms. The zero-order valence-electron chi connectivity index (χ0n) is 10.8. The van der Waals surface area contributed by atoms with Gasteiger partial charge in [-0.05, 0) is 20.3 Å². The van der Waals surface area contributed by atoms with Gasteiger partial charge in [0.25, 0.3) is 5.91 Å². The van der Waals surface area contributed by atoms with E-state index in [1.54, 1.807) is 0 Å². The van der Waals surface area contributed by atoms with Crippen molar-refractivity contribution in [3.05, 3.63) is 21.5 Å². The molecule has 2 heterocycles. The minimum atomic E-state index is -0.514. The van der Waals surface area contributed by atoms with Crippen LogP contribution in [0.5, 0.6) is 0 Å². The third-order valence-corrected chi connectivity index (χ3v) is 3.19. The van der Waals surface area contributed by atoms with E-state index in [9.17, 15) is 19.7 Å². The second-order valence-corrected chi connectivity index (χ2v) is 4.48. The number of hydrogen-bond donors (Lipinski definition) is 0. The van der Waals surface area contributed by atoms with Crippen LogP contribution in [0.3, 0.4) is 0 Å². The molecule has 1 aliphatic heterocycles. The van der Waals surface area contributed by atoms with Crippen LogP contribution in [0.4, 0.5) is 5.69 Å². The SMILES string of the molecule is Cc1nn(CC(=O)N2CCCC2=O)c(C)c1[N+](=O)[O-]. The van der Waals surface area contributed by atoms with Gasteiger partial charge in [0, 0.05) is 13.0 Å². The highest BCUT2D eigenvalue weighted by molar-refractivity contribution is 5.96. The maximum absolute atomic E-state index is 11.9. The summed E-state index contributed by atoms with van der Waals surface area (Å²) in [7, 11) is 0. The van der Waals surface area contributed by atoms with Crippen LogP contribution < -0.4 is 0 Å². The molecule has 0 N–H and O–H groups in total. The predicted octanol–water partition coefficient (Wildman–Crippen LogP) is 0.557. The summed E-state index contributed by atoms with van der Waals surface area (Å²) in [6, 6.07) is 0. The highest BCUT2D eigenvalue weighted by atomic mass is 16.6. The highest BCUT2D eigenvalue weighted by Crippen LogP contribution is 2.22. The molecule has 8 heteroatoms. The van der Waals surface area contributed by atoms with Crippen molar-refractivity contribution in [2.45, 2.75) is 33.2 Å². The van der Waals surface area contributed by atoms with E-state index in [0.717, 1.165) is 0 Å². The monoisotopic (exact) mass is 266 g/mol. The summed E-state index contributed by atoms with van der Waals surface area (Å²) in [6.45, 7) is 3.33. The van der Waals surface area contributed by atoms with Gasteiger partial charge >= 0.3 is 5.69 Å². The van der Waals surface area contributed by atoms with E-state index >= 15 is 0 Å². The van der Waals surface area contributed by atoms with E-state index in [-0.39, 0.29) is 29.7 Å². The number of nitrogens with zero attached hydrogens (tertiary/aromatic N) is 4. The number of hydrogen-bond acceptors (Lipinski definition) is 5. The lowest BCUT2D eigenvalue weighted by atomic mass is 10.3. The summed E-state index contributed by atoms with van der Waals surface area (Å²) >= 11 is 0. The third-order valence-electron chi connectivity index (χ3n) is 3.19. The summed E-state index contributed by atoms with van der Waals surface area (Å²) in [5, 5.41) is 14.8. The number of carbonyl (C=O) groups excluding carboxylic acids is 2. The Morgan fingerprint density at radius 1 is 1.47 bits per heavy atom. The lowest BCUT2D eigenvalue weighted by Crippen LogP contribution is -2.35. The number of rotatable bonds is 3. The van der Waals surface area contributed by atoms with Crippen molar-refractivity contribution >= 4 is 17.5 Å². The van der Waals surface area contributed by atoms with Crippen LogP contribution in [0.2, 0.25) is 0 Å². The summed E-state index contributed by atoms with van der Waals surface area (Å²) in [4.78, 5) is 34.9. The van der Waals surface area contributed by atoms with Crippen molar-refractivity contribution in [2.75, 3.05) is 6.54 Å². The molecule has 0 radical (unpaired) electrons. The minimum absolute atomic E-state index is 0.0828. The van der Waals surface area contributed by atoms with Gasteiger partial charge in [0.2, 0.25) is 5.91 Å². The van der Waals surface area contributed by atoms with Crippen LogP contribution in [-0.4, -0.2) is 38.0 Å². The summed E-state index contributed by atoms with van der Waals surface area (Å²) in [5.41, 5.74) is 0.506. The number of aryl methyl sites for hydroxylation is 1. The van der Waals surface area contributed by atoms with Gasteiger partial charge in [0.15, 0.2) is 0 Å². The smallest absolute Gasteiger partial charge is 0.281 e. The fraction of sp³-hybridized carbons (Fsp3) is 0.545. The van der Waals surface area contributed by atoms with Crippen molar-refractivity contribution in [3.8, 4) is 0 Å². The first-order valence-corrected chi connectivity index (χ1v) is 5.93. The van der Waals surface area contributed by atoms with Crippen LogP contribution in [0.25, 0.3) is 0 Å². The number of carbonyl (C=O) groups is 2. The topological polar surface area (TPSA) is 98.3 Å². The molecule has 0 saturated carbocycles. The molecule has 1 aromatic heterocycles. The third kappa shape index (κ3) is 2.33. The summed E-state index contributed by atoms with van der Waals surface area (Å²) < 4.78 is 1.28. The number of imide groups is 1. The molecule has 2 amide bonds. The van der Waals surface area contributed by atoms with Gasteiger partial charge < -0.3 is 0 Å². The van der Waals surface area contributed by atoms with E-state index in [1.165, 1.54) is 23.4 Å². The van der Waals surface area contributed by atoms with Crippen LogP contribution in [0.1, 0.15) is 24.2 Å². The van der Waals surface area contributed by atoms with Gasteiger partial charge in [-0.1, -0.05) is 0 Å². The molecule has 19 heavy (non-hydrogen) atoms. The molecule has 102 valence electrons. The van der Waals surface area contributed by atoms with E-state index in [1.807, 2.05) is 0 Å². The molecule has 2 rings (SSSR count). The van der Waals surface area contributed by atoms with E-state index < -0.39 is 4.92 Å². The lowest BCUT2D eigenvalue weighted by Gasteiger charge is -2.13. The molecule has 0 aromatic carbocycles. The Morgan fingerprint density at radius 3 is 2.63 bits per heavy atom. The van der Waals surface area contributed by atoms with Crippen molar-refractivity contribution < 1.29 is 14.5 Å². The molecular weight excluding hydrogens is 252 g/mol. The molecule has 0 atom stereocenters. The van der Waals surface area contributed by atoms with E-state index in [2.05, 4.69) is 5.10 Å². The molecule has 1 aromatic rings. The largest absolute Gasteiger partial charge is 0.312 e. The highest BCUT2D eigenvalue weighted by Gasteiger charge is 2.28. The standard InChI is InChI=1S/C11H14N4O4/c1-7-11(15(18)19)8(2)14(12-7)6-10(17)13-5-3-4-9(13)16/h3-6H2,1-2H3. The summed E-state index contributed by atoms with van der Waals surface area (Å²) in [6.07, 6.45) is 1.05. The van der Waals surface area contributed by atoms with Gasteiger partial charge in [-0.25, -0.2) is 0 Å². The molecular formula is C11H14N4O4. The Bertz CT molecular complexity index is 563. The molecule has 1 fully saturated rings. The van der Waals surface area contributed by atoms with Gasteiger partial charge in [-0.15, -0.1) is 0 Å². The number of aromatic nitrogens is 2. The van der Waals surface area contributed by atoms with Crippen molar-refractivity contribution in [3.63, 3.8) is 0 Å². The molecule has 8 nitrogen and oxygen atoms in total. The van der Waals surface area contributed by atoms with Crippen LogP contribution in [0.15, 0.2) is 0 Å². The van der Waals surface area contributed by atoms with Crippen molar-refractivity contribution in [1.82, 2.24) is 14.7 Å². The Kier molecular flexibility index (Phi) is 3.32. The fourth-order valence-corrected chi connectivity index (χ4v) is 2.23. The average Bonchev–Trinajstić information content (AvgIpc) is 2.84. The maximum atomic E-state index is 11.9. The van der Waals surface area contributed by atoms with E-state index in [4.69, 9.17) is 0 Å². The average molecular weight is 266 g/mol. The first-order valence-electron chi connectivity index (χ1n) is 5.93. The molecule has 0 unspecified atom stereocenters. The zero-order valence-corrected chi connectivity index (χ0v) is 10.8. The number of amides is 2. The minimum Gasteiger partial charge on any atom is -0.281 e. The Balaban J connectivity index is 2.20. The van der Waals surface area contributed by atoms with Crippen LogP contribution >= 0.6 is 0 Å². The second kappa shape index (κ2) is 4.79. The molecule has 1 saturated heterocycles. The summed E-state index contributed by atoms with van der Waals surface area (Å²) in [5.74, 6) is -0.566. The normalized spacial score (nSPS) is 15.1. The van der Waals surface area contributed by atoms with Gasteiger partial charge in [-0.3, -0.25) is 29.3 Å². The quantitative estimate of drug-likeness (QED) is 0.588. The number of nitro groups is 1. The first-order chi connectivity index (χ1) is 8.91. The molecule has 0 bridgehead atoms. The molecule has 0 aliphatic carbocycles. The lowest BCUT2D eigenvalue weighted by molar-refractivity contribution is -0.386. The van der Waals surface area contributed by atoms with Gasteiger partial charge in [0.05, 0.1) is 4.92 Å². The van der Waals surface area contributed by atoms with Gasteiger partial charge in [0.1, 0.15) is 17.9 Å². The van der Waals surface area contributed by atoms with Crippen LogP contribution in [0, 0.1) is 24.0 Å². The zero-order chi connectivity index (χ0) is 14.2. The second-order valence-electron chi connectivity index (χ2n) is 4.48. The number of likely N-dealkylation sites (tertiary alicyclic amines) is 1. The maximum Gasteiger partial charge on any atom is 0.312 e. The Hall–Kier alpha value is -2.25. The Labute approximate surface area is 109 Å². The van der Waals surface area contributed by atoms with Crippen molar-refractivity contribution in [1.29, 1.82) is 0 Å². The van der Waals surface area contributed by atoms with Crippen LogP contribution in [-0.2, 0) is 16.1 Å². The predicted molar refractivity (Wildman–Crippen MR) is 64.3 cm³/mol. The first kappa shape index (κ1) is 13.2. The van der Waals surface area contributed by atoms with Crippen molar-refractivity contribution in [2.24, 2.45) is 0 Å². The Morgan fingerprint density at radius 2 is 2.16 bits per heavy atom. The van der Waals surface area contributed by atoms with E-state index in [0.29, 0.717) is 25.1 Å². The molecule has 1 aliphatic rings.